The van der Waals surface area contributed by atoms with Crippen LogP contribution in [0.1, 0.15) is 41.6 Å². The van der Waals surface area contributed by atoms with Crippen LogP contribution in [0.3, 0.4) is 0 Å². The molecular formula is C19H23N3O2. The smallest absolute Gasteiger partial charge is 0.276 e. The molecule has 1 aromatic heterocycles. The van der Waals surface area contributed by atoms with Crippen molar-refractivity contribution in [3.63, 3.8) is 0 Å². The van der Waals surface area contributed by atoms with Gasteiger partial charge in [0.05, 0.1) is 12.2 Å². The molecule has 2 aromatic rings. The van der Waals surface area contributed by atoms with Crippen LogP contribution in [0, 0.1) is 0 Å². The van der Waals surface area contributed by atoms with Gasteiger partial charge in [0.2, 0.25) is 0 Å². The van der Waals surface area contributed by atoms with Gasteiger partial charge < -0.3 is 4.90 Å². The first-order valence-corrected chi connectivity index (χ1v) is 8.50. The largest absolute Gasteiger partial charge is 0.357 e. The van der Waals surface area contributed by atoms with Crippen molar-refractivity contribution in [1.82, 2.24) is 10.5 Å². The highest BCUT2D eigenvalue weighted by molar-refractivity contribution is 5.93. The maximum atomic E-state index is 12.1. The minimum Gasteiger partial charge on any atom is -0.357 e. The number of nitrogens with zero attached hydrogens (tertiary/aromatic N) is 2. The van der Waals surface area contributed by atoms with Gasteiger partial charge in [-0.2, -0.15) is 0 Å². The zero-order chi connectivity index (χ0) is 16.6. The third-order valence-corrected chi connectivity index (χ3v) is 4.19. The lowest BCUT2D eigenvalue weighted by Crippen LogP contribution is -2.26. The van der Waals surface area contributed by atoms with Gasteiger partial charge in [-0.05, 0) is 30.5 Å². The predicted octanol–water partition coefficient (Wildman–Crippen LogP) is 3.32. The Morgan fingerprint density at radius 1 is 1.04 bits per heavy atom. The zero-order valence-electron chi connectivity index (χ0n) is 13.8. The van der Waals surface area contributed by atoms with Gasteiger partial charge in [-0.3, -0.25) is 9.63 Å². The molecule has 1 fully saturated rings. The fourth-order valence-electron chi connectivity index (χ4n) is 2.83. The first-order valence-electron chi connectivity index (χ1n) is 8.50. The molecule has 24 heavy (non-hydrogen) atoms. The number of hydroxylamine groups is 1. The van der Waals surface area contributed by atoms with Crippen molar-refractivity contribution in [2.75, 3.05) is 18.0 Å². The molecule has 2 heterocycles. The number of rotatable bonds is 5. The van der Waals surface area contributed by atoms with E-state index in [1.54, 1.807) is 12.3 Å². The number of amides is 1. The van der Waals surface area contributed by atoms with Gasteiger partial charge >= 0.3 is 0 Å². The van der Waals surface area contributed by atoms with Crippen LogP contribution in [0.5, 0.6) is 0 Å². The van der Waals surface area contributed by atoms with Crippen LogP contribution < -0.4 is 10.4 Å². The third kappa shape index (κ3) is 4.55. The van der Waals surface area contributed by atoms with Crippen molar-refractivity contribution in [2.45, 2.75) is 32.3 Å². The third-order valence-electron chi connectivity index (χ3n) is 4.19. The molecule has 0 bridgehead atoms. The molecule has 1 amide bonds. The van der Waals surface area contributed by atoms with Crippen molar-refractivity contribution < 1.29 is 9.63 Å². The standard InChI is InChI=1S/C19H23N3O2/c23-19(21-24-15-16-8-4-3-5-9-16)17-10-11-18(20-14-17)22-12-6-1-2-7-13-22/h3-5,8-11,14H,1-2,6-7,12-13,15H2,(H,21,23). The highest BCUT2D eigenvalue weighted by Crippen LogP contribution is 2.17. The highest BCUT2D eigenvalue weighted by Gasteiger charge is 2.12. The summed E-state index contributed by atoms with van der Waals surface area (Å²) in [6.45, 7) is 2.42. The summed E-state index contributed by atoms with van der Waals surface area (Å²) in [5.41, 5.74) is 3.97. The monoisotopic (exact) mass is 325 g/mol. The van der Waals surface area contributed by atoms with E-state index in [0.29, 0.717) is 12.2 Å². The Kier molecular flexibility index (Phi) is 5.80. The lowest BCUT2D eigenvalue weighted by Gasteiger charge is -2.21. The summed E-state index contributed by atoms with van der Waals surface area (Å²) in [6.07, 6.45) is 6.60. The van der Waals surface area contributed by atoms with Crippen molar-refractivity contribution in [3.8, 4) is 0 Å². The van der Waals surface area contributed by atoms with E-state index >= 15 is 0 Å². The molecule has 0 atom stereocenters. The van der Waals surface area contributed by atoms with Crippen LogP contribution in [-0.4, -0.2) is 24.0 Å². The van der Waals surface area contributed by atoms with Crippen molar-refractivity contribution in [2.24, 2.45) is 0 Å². The summed E-state index contributed by atoms with van der Waals surface area (Å²) in [7, 11) is 0. The maximum Gasteiger partial charge on any atom is 0.276 e. The summed E-state index contributed by atoms with van der Waals surface area (Å²) in [4.78, 5) is 24.1. The van der Waals surface area contributed by atoms with Crippen LogP contribution in [0.2, 0.25) is 0 Å². The molecule has 0 radical (unpaired) electrons. The molecular weight excluding hydrogens is 302 g/mol. The molecule has 1 N–H and O–H groups in total. The molecule has 1 aliphatic rings. The fraction of sp³-hybridized carbons (Fsp3) is 0.368. The molecule has 5 heteroatoms. The normalized spacial score (nSPS) is 14.9. The van der Waals surface area contributed by atoms with E-state index in [2.05, 4.69) is 15.4 Å². The van der Waals surface area contributed by atoms with E-state index in [1.165, 1.54) is 25.7 Å². The summed E-state index contributed by atoms with van der Waals surface area (Å²) in [5.74, 6) is 0.666. The number of benzene rings is 1. The molecule has 0 saturated carbocycles. The molecule has 126 valence electrons. The van der Waals surface area contributed by atoms with Gasteiger partial charge in [0.25, 0.3) is 5.91 Å². The topological polar surface area (TPSA) is 54.5 Å². The Balaban J connectivity index is 1.51. The predicted molar refractivity (Wildman–Crippen MR) is 93.6 cm³/mol. The number of hydrogen-bond acceptors (Lipinski definition) is 4. The Morgan fingerprint density at radius 2 is 1.79 bits per heavy atom. The molecule has 0 spiro atoms. The minimum atomic E-state index is -0.277. The number of hydrogen-bond donors (Lipinski definition) is 1. The fourth-order valence-corrected chi connectivity index (χ4v) is 2.83. The highest BCUT2D eigenvalue weighted by atomic mass is 16.6. The lowest BCUT2D eigenvalue weighted by molar-refractivity contribution is 0.0233. The average Bonchev–Trinajstić information content (AvgIpc) is 2.92. The molecule has 1 saturated heterocycles. The van der Waals surface area contributed by atoms with Crippen LogP contribution >= 0.6 is 0 Å². The summed E-state index contributed by atoms with van der Waals surface area (Å²) >= 11 is 0. The van der Waals surface area contributed by atoms with Crippen molar-refractivity contribution >= 4 is 11.7 Å². The molecule has 3 rings (SSSR count). The maximum absolute atomic E-state index is 12.1. The van der Waals surface area contributed by atoms with E-state index in [0.717, 1.165) is 24.5 Å². The number of anilines is 1. The van der Waals surface area contributed by atoms with Gasteiger partial charge in [0, 0.05) is 19.3 Å². The van der Waals surface area contributed by atoms with E-state index in [4.69, 9.17) is 4.84 Å². The Morgan fingerprint density at radius 3 is 2.46 bits per heavy atom. The minimum absolute atomic E-state index is 0.277. The molecule has 5 nitrogen and oxygen atoms in total. The number of carbonyl (C=O) groups excluding carboxylic acids is 1. The quantitative estimate of drug-likeness (QED) is 0.857. The Labute approximate surface area is 142 Å². The van der Waals surface area contributed by atoms with E-state index in [-0.39, 0.29) is 5.91 Å². The number of aromatic nitrogens is 1. The first-order chi connectivity index (χ1) is 11.8. The van der Waals surface area contributed by atoms with Gasteiger partial charge in [0.15, 0.2) is 0 Å². The number of carbonyl (C=O) groups is 1. The lowest BCUT2D eigenvalue weighted by atomic mass is 10.2. The van der Waals surface area contributed by atoms with Crippen molar-refractivity contribution in [1.29, 1.82) is 0 Å². The van der Waals surface area contributed by atoms with Crippen LogP contribution in [0.25, 0.3) is 0 Å². The Bertz CT molecular complexity index is 635. The van der Waals surface area contributed by atoms with Gasteiger partial charge in [0.1, 0.15) is 5.82 Å². The molecule has 1 aromatic carbocycles. The van der Waals surface area contributed by atoms with Crippen molar-refractivity contribution in [3.05, 3.63) is 59.8 Å². The van der Waals surface area contributed by atoms with Gasteiger partial charge in [-0.25, -0.2) is 10.5 Å². The van der Waals surface area contributed by atoms with E-state index in [9.17, 15) is 4.79 Å². The summed E-state index contributed by atoms with van der Waals surface area (Å²) in [5, 5.41) is 0. The number of pyridine rings is 1. The van der Waals surface area contributed by atoms with Gasteiger partial charge in [-0.15, -0.1) is 0 Å². The van der Waals surface area contributed by atoms with Crippen LogP contribution in [-0.2, 0) is 11.4 Å². The summed E-state index contributed by atoms with van der Waals surface area (Å²) in [6, 6.07) is 13.4. The van der Waals surface area contributed by atoms with Gasteiger partial charge in [-0.1, -0.05) is 43.2 Å². The van der Waals surface area contributed by atoms with E-state index in [1.807, 2.05) is 36.4 Å². The number of nitrogens with one attached hydrogen (secondary N) is 1. The second kappa shape index (κ2) is 8.45. The molecule has 1 aliphatic heterocycles. The summed E-state index contributed by atoms with van der Waals surface area (Å²) < 4.78 is 0. The Hall–Kier alpha value is -2.40. The first kappa shape index (κ1) is 16.5. The van der Waals surface area contributed by atoms with Crippen LogP contribution in [0.15, 0.2) is 48.7 Å². The average molecular weight is 325 g/mol. The zero-order valence-corrected chi connectivity index (χ0v) is 13.8. The SMILES string of the molecule is O=C(NOCc1ccccc1)c1ccc(N2CCCCCC2)nc1. The molecule has 0 aliphatic carbocycles. The van der Waals surface area contributed by atoms with Crippen LogP contribution in [0.4, 0.5) is 5.82 Å². The second-order valence-corrected chi connectivity index (χ2v) is 6.01. The molecule has 0 unspecified atom stereocenters. The van der Waals surface area contributed by atoms with E-state index < -0.39 is 0 Å². The second-order valence-electron chi connectivity index (χ2n) is 6.01.